The zero-order chi connectivity index (χ0) is 17.0. The molecular formula is C20H17NO3. The van der Waals surface area contributed by atoms with Crippen molar-refractivity contribution < 1.29 is 14.0 Å². The Hall–Kier alpha value is -2.72. The Morgan fingerprint density at radius 3 is 2.46 bits per heavy atom. The number of rotatable bonds is 2. The van der Waals surface area contributed by atoms with Crippen LogP contribution in [0.4, 0.5) is 0 Å². The van der Waals surface area contributed by atoms with Crippen LogP contribution in [0.5, 0.6) is 0 Å². The molecule has 1 heterocycles. The molecule has 4 nitrogen and oxygen atoms in total. The van der Waals surface area contributed by atoms with Gasteiger partial charge in [-0.2, -0.15) is 0 Å². The molecule has 0 fully saturated rings. The summed E-state index contributed by atoms with van der Waals surface area (Å²) in [7, 11) is 1.82. The van der Waals surface area contributed by atoms with Crippen molar-refractivity contribution >= 4 is 22.3 Å². The minimum absolute atomic E-state index is 0.407. The molecule has 0 spiro atoms. The third kappa shape index (κ3) is 1.83. The molecule has 0 saturated carbocycles. The summed E-state index contributed by atoms with van der Waals surface area (Å²) in [5.74, 6) is 0.283. The van der Waals surface area contributed by atoms with E-state index in [1.54, 1.807) is 0 Å². The van der Waals surface area contributed by atoms with Crippen LogP contribution in [-0.4, -0.2) is 18.6 Å². The van der Waals surface area contributed by atoms with Crippen molar-refractivity contribution in [1.29, 1.82) is 0 Å². The topological polar surface area (TPSA) is 59.3 Å². The second-order valence-electron chi connectivity index (χ2n) is 6.20. The lowest BCUT2D eigenvalue weighted by Crippen LogP contribution is -2.21. The fourth-order valence-corrected chi connectivity index (χ4v) is 3.53. The second kappa shape index (κ2) is 5.14. The normalized spacial score (nSPS) is 13.3. The van der Waals surface area contributed by atoms with Crippen molar-refractivity contribution in [3.05, 3.63) is 58.3 Å². The van der Waals surface area contributed by atoms with E-state index in [9.17, 15) is 9.59 Å². The van der Waals surface area contributed by atoms with Crippen LogP contribution in [0, 0.1) is 13.8 Å². The highest BCUT2D eigenvalue weighted by Gasteiger charge is 2.37. The van der Waals surface area contributed by atoms with Gasteiger partial charge in [0.05, 0.1) is 12.1 Å². The van der Waals surface area contributed by atoms with Crippen molar-refractivity contribution in [2.75, 3.05) is 7.05 Å². The van der Waals surface area contributed by atoms with Crippen LogP contribution in [0.1, 0.15) is 37.6 Å². The van der Waals surface area contributed by atoms with Gasteiger partial charge in [0, 0.05) is 16.7 Å². The maximum absolute atomic E-state index is 12.8. The van der Waals surface area contributed by atoms with Gasteiger partial charge in [-0.1, -0.05) is 24.3 Å². The van der Waals surface area contributed by atoms with Crippen molar-refractivity contribution in [1.82, 2.24) is 5.32 Å². The van der Waals surface area contributed by atoms with Crippen molar-refractivity contribution in [2.24, 2.45) is 0 Å². The van der Waals surface area contributed by atoms with Crippen LogP contribution in [0.3, 0.4) is 0 Å². The van der Waals surface area contributed by atoms with E-state index < -0.39 is 11.6 Å². The Morgan fingerprint density at radius 2 is 1.71 bits per heavy atom. The number of fused-ring (bicyclic) bond motifs is 5. The number of carbonyl (C=O) groups excluding carboxylic acids is 2. The van der Waals surface area contributed by atoms with E-state index in [1.807, 2.05) is 51.2 Å². The number of hydrogen-bond donors (Lipinski definition) is 1. The highest BCUT2D eigenvalue weighted by atomic mass is 16.3. The summed E-state index contributed by atoms with van der Waals surface area (Å²) in [5.41, 5.74) is 3.39. The lowest BCUT2D eigenvalue weighted by Gasteiger charge is -2.16. The fourth-order valence-electron chi connectivity index (χ4n) is 3.53. The summed E-state index contributed by atoms with van der Waals surface area (Å²) >= 11 is 0. The first-order valence-corrected chi connectivity index (χ1v) is 7.93. The maximum Gasteiger partial charge on any atom is 0.237 e. The van der Waals surface area contributed by atoms with E-state index in [2.05, 4.69) is 5.32 Å². The van der Waals surface area contributed by atoms with E-state index in [4.69, 9.17) is 4.42 Å². The standard InChI is InChI=1S/C20H17NO3/c1-10-5-4-6-13-12(10)7-8-14-17(13)19(23)18(22)16-11(2)15(9-21-3)24-20(14)16/h4-8,21H,9H2,1-3H3. The summed E-state index contributed by atoms with van der Waals surface area (Å²) in [6.07, 6.45) is 0. The molecule has 0 saturated heterocycles. The van der Waals surface area contributed by atoms with Gasteiger partial charge in [-0.3, -0.25) is 9.59 Å². The van der Waals surface area contributed by atoms with E-state index in [0.29, 0.717) is 34.8 Å². The predicted octanol–water partition coefficient (Wildman–Crippen LogP) is 3.82. The number of carbonyl (C=O) groups is 2. The zero-order valence-electron chi connectivity index (χ0n) is 13.8. The quantitative estimate of drug-likeness (QED) is 0.730. The van der Waals surface area contributed by atoms with E-state index in [-0.39, 0.29) is 0 Å². The molecule has 1 aromatic heterocycles. The lowest BCUT2D eigenvalue weighted by atomic mass is 9.83. The van der Waals surface area contributed by atoms with Gasteiger partial charge in [0.15, 0.2) is 0 Å². The van der Waals surface area contributed by atoms with Crippen LogP contribution >= 0.6 is 0 Å². The molecule has 1 aliphatic carbocycles. The largest absolute Gasteiger partial charge is 0.459 e. The molecule has 120 valence electrons. The van der Waals surface area contributed by atoms with Gasteiger partial charge in [-0.25, -0.2) is 0 Å². The molecule has 0 atom stereocenters. The Bertz CT molecular complexity index is 1030. The van der Waals surface area contributed by atoms with Crippen molar-refractivity contribution in [2.45, 2.75) is 20.4 Å². The number of nitrogens with one attached hydrogen (secondary N) is 1. The van der Waals surface area contributed by atoms with Crippen LogP contribution in [0.2, 0.25) is 0 Å². The summed E-state index contributed by atoms with van der Waals surface area (Å²) in [6.45, 7) is 4.34. The van der Waals surface area contributed by atoms with Crippen LogP contribution < -0.4 is 5.32 Å². The lowest BCUT2D eigenvalue weighted by molar-refractivity contribution is 0.0815. The number of hydrogen-bond acceptors (Lipinski definition) is 4. The number of Topliss-reactive ketones (excluding diaryl/α,β-unsaturated/α-hetero) is 2. The molecule has 1 aliphatic rings. The van der Waals surface area contributed by atoms with Gasteiger partial charge in [-0.15, -0.1) is 0 Å². The third-order valence-electron chi connectivity index (χ3n) is 4.77. The Balaban J connectivity index is 2.10. The molecule has 1 N–H and O–H groups in total. The molecule has 0 aliphatic heterocycles. The Morgan fingerprint density at radius 1 is 0.958 bits per heavy atom. The molecule has 0 unspecified atom stereocenters. The maximum atomic E-state index is 12.8. The molecule has 2 aromatic carbocycles. The predicted molar refractivity (Wildman–Crippen MR) is 92.5 cm³/mol. The van der Waals surface area contributed by atoms with Gasteiger partial charge in [0.25, 0.3) is 0 Å². The van der Waals surface area contributed by atoms with Crippen LogP contribution in [0.25, 0.3) is 22.1 Å². The Kier molecular flexibility index (Phi) is 3.18. The third-order valence-corrected chi connectivity index (χ3v) is 4.77. The molecule has 0 radical (unpaired) electrons. The van der Waals surface area contributed by atoms with Crippen LogP contribution in [0.15, 0.2) is 34.7 Å². The van der Waals surface area contributed by atoms with Gasteiger partial charge in [0.2, 0.25) is 11.6 Å². The second-order valence-corrected chi connectivity index (χ2v) is 6.20. The number of furan rings is 1. The zero-order valence-corrected chi connectivity index (χ0v) is 13.8. The van der Waals surface area contributed by atoms with E-state index >= 15 is 0 Å². The summed E-state index contributed by atoms with van der Waals surface area (Å²) in [4.78, 5) is 25.5. The average molecular weight is 319 g/mol. The molecule has 3 aromatic rings. The number of benzene rings is 2. The van der Waals surface area contributed by atoms with E-state index in [1.165, 1.54) is 0 Å². The van der Waals surface area contributed by atoms with Gasteiger partial charge in [0.1, 0.15) is 11.5 Å². The van der Waals surface area contributed by atoms with Crippen molar-refractivity contribution in [3.63, 3.8) is 0 Å². The summed E-state index contributed by atoms with van der Waals surface area (Å²) in [6, 6.07) is 9.68. The summed E-state index contributed by atoms with van der Waals surface area (Å²) in [5, 5.41) is 4.82. The van der Waals surface area contributed by atoms with Gasteiger partial charge < -0.3 is 9.73 Å². The van der Waals surface area contributed by atoms with Crippen LogP contribution in [-0.2, 0) is 6.54 Å². The molecule has 24 heavy (non-hydrogen) atoms. The first-order valence-electron chi connectivity index (χ1n) is 7.93. The van der Waals surface area contributed by atoms with Crippen molar-refractivity contribution in [3.8, 4) is 11.3 Å². The van der Waals surface area contributed by atoms with Gasteiger partial charge in [-0.05, 0) is 43.3 Å². The molecule has 4 rings (SSSR count). The highest BCUT2D eigenvalue weighted by Crippen LogP contribution is 2.41. The van der Waals surface area contributed by atoms with E-state index in [0.717, 1.165) is 21.9 Å². The average Bonchev–Trinajstić information content (AvgIpc) is 2.90. The minimum Gasteiger partial charge on any atom is -0.459 e. The molecule has 0 bridgehead atoms. The fraction of sp³-hybridized carbons (Fsp3) is 0.200. The molecule has 0 amide bonds. The Labute approximate surface area is 139 Å². The molecule has 4 heteroatoms. The number of ketones is 2. The monoisotopic (exact) mass is 319 g/mol. The first kappa shape index (κ1) is 14.8. The summed E-state index contributed by atoms with van der Waals surface area (Å²) < 4.78 is 5.97. The smallest absolute Gasteiger partial charge is 0.237 e. The highest BCUT2D eigenvalue weighted by molar-refractivity contribution is 6.54. The minimum atomic E-state index is -0.477. The van der Waals surface area contributed by atoms with Gasteiger partial charge >= 0.3 is 0 Å². The molecular weight excluding hydrogens is 302 g/mol. The number of aryl methyl sites for hydroxylation is 1. The SMILES string of the molecule is CNCc1oc2c(c1C)C(=O)C(=O)c1c-2ccc2c(C)cccc12. The first-order chi connectivity index (χ1) is 11.5.